The minimum Gasteiger partial charge on any atom is -0.258 e. The minimum absolute atomic E-state index is 0.101. The second-order valence-electron chi connectivity index (χ2n) is 4.92. The number of benzene rings is 2. The molecule has 0 saturated heterocycles. The zero-order chi connectivity index (χ0) is 16.0. The highest BCUT2D eigenvalue weighted by Crippen LogP contribution is 2.39. The van der Waals surface area contributed by atoms with Gasteiger partial charge in [0.05, 0.1) is 16.0 Å². The lowest BCUT2D eigenvalue weighted by molar-refractivity contribution is -0.382. The molecule has 0 N–H and O–H groups in total. The lowest BCUT2D eigenvalue weighted by Crippen LogP contribution is -2.01. The molecule has 0 aliphatic rings. The van der Waals surface area contributed by atoms with Crippen LogP contribution in [0.2, 0.25) is 5.02 Å². The van der Waals surface area contributed by atoms with Crippen LogP contribution in [0.4, 0.5) is 5.69 Å². The first-order chi connectivity index (χ1) is 11.2. The summed E-state index contributed by atoms with van der Waals surface area (Å²) in [6.07, 6.45) is 0. The summed E-state index contributed by atoms with van der Waals surface area (Å²) in [6.45, 7) is 0. The molecule has 0 unspecified atom stereocenters. The van der Waals surface area contributed by atoms with E-state index < -0.39 is 4.92 Å². The summed E-state index contributed by atoms with van der Waals surface area (Å²) in [5.41, 5.74) is 1.77. The largest absolute Gasteiger partial charge is 0.324 e. The summed E-state index contributed by atoms with van der Waals surface area (Å²) >= 11 is 6.10. The van der Waals surface area contributed by atoms with Crippen LogP contribution in [-0.2, 0) is 0 Å². The van der Waals surface area contributed by atoms with Crippen molar-refractivity contribution in [2.75, 3.05) is 0 Å². The lowest BCUT2D eigenvalue weighted by Gasteiger charge is -2.09. The van der Waals surface area contributed by atoms with Gasteiger partial charge in [-0.15, -0.1) is 5.10 Å². The number of halogens is 1. The van der Waals surface area contributed by atoms with Crippen molar-refractivity contribution in [3.63, 3.8) is 0 Å². The number of hydrogen-bond donors (Lipinski definition) is 0. The van der Waals surface area contributed by atoms with Crippen molar-refractivity contribution in [3.8, 4) is 11.1 Å². The first-order valence-corrected chi connectivity index (χ1v) is 7.08. The SMILES string of the molecule is O=[N+]([O-])c1c(-c2ccccc2)c2cc(Cl)ccc2n2nnnc12. The number of nitro groups is 1. The highest BCUT2D eigenvalue weighted by molar-refractivity contribution is 6.31. The van der Waals surface area contributed by atoms with Gasteiger partial charge in [0.1, 0.15) is 0 Å². The van der Waals surface area contributed by atoms with E-state index in [2.05, 4.69) is 15.5 Å². The molecular formula is C15H8ClN5O2. The number of tetrazole rings is 1. The van der Waals surface area contributed by atoms with Crippen LogP contribution in [0.25, 0.3) is 27.7 Å². The van der Waals surface area contributed by atoms with Crippen molar-refractivity contribution in [2.24, 2.45) is 0 Å². The Bertz CT molecular complexity index is 1060. The number of hydrogen-bond acceptors (Lipinski definition) is 5. The van der Waals surface area contributed by atoms with Gasteiger partial charge in [-0.2, -0.15) is 4.52 Å². The average Bonchev–Trinajstić information content (AvgIpc) is 3.03. The predicted molar refractivity (Wildman–Crippen MR) is 85.4 cm³/mol. The standard InChI is InChI=1S/C15H8ClN5O2/c16-10-6-7-12-11(8-10)13(9-4-2-1-3-5-9)14(21(22)23)15-17-18-19-20(12)15/h1-8H. The van der Waals surface area contributed by atoms with Gasteiger partial charge in [0.15, 0.2) is 0 Å². The molecule has 8 heteroatoms. The number of rotatable bonds is 2. The number of pyridine rings is 1. The van der Waals surface area contributed by atoms with Gasteiger partial charge in [0, 0.05) is 10.4 Å². The topological polar surface area (TPSA) is 86.2 Å². The Morgan fingerprint density at radius 1 is 1.13 bits per heavy atom. The molecule has 2 heterocycles. The molecule has 112 valence electrons. The van der Waals surface area contributed by atoms with E-state index in [9.17, 15) is 10.1 Å². The Balaban J connectivity index is 2.30. The zero-order valence-corrected chi connectivity index (χ0v) is 12.3. The fraction of sp³-hybridized carbons (Fsp3) is 0. The van der Waals surface area contributed by atoms with E-state index in [4.69, 9.17) is 11.6 Å². The molecule has 0 bridgehead atoms. The zero-order valence-electron chi connectivity index (χ0n) is 11.5. The Kier molecular flexibility index (Phi) is 2.95. The van der Waals surface area contributed by atoms with E-state index >= 15 is 0 Å². The second kappa shape index (κ2) is 4.99. The van der Waals surface area contributed by atoms with Gasteiger partial charge in [-0.25, -0.2) is 0 Å². The van der Waals surface area contributed by atoms with Crippen molar-refractivity contribution in [1.82, 2.24) is 20.0 Å². The van der Waals surface area contributed by atoms with E-state index in [0.29, 0.717) is 27.1 Å². The summed E-state index contributed by atoms with van der Waals surface area (Å²) in [7, 11) is 0. The first-order valence-electron chi connectivity index (χ1n) is 6.70. The molecule has 23 heavy (non-hydrogen) atoms. The summed E-state index contributed by atoms with van der Waals surface area (Å²) in [5, 5.41) is 24.1. The van der Waals surface area contributed by atoms with Crippen molar-refractivity contribution >= 4 is 33.8 Å². The fourth-order valence-electron chi connectivity index (χ4n) is 2.70. The average molecular weight is 326 g/mol. The van der Waals surface area contributed by atoms with Crippen LogP contribution >= 0.6 is 11.6 Å². The van der Waals surface area contributed by atoms with E-state index in [0.717, 1.165) is 0 Å². The van der Waals surface area contributed by atoms with Crippen LogP contribution in [0.1, 0.15) is 0 Å². The van der Waals surface area contributed by atoms with Gasteiger partial charge in [0.25, 0.3) is 5.65 Å². The Morgan fingerprint density at radius 2 is 1.91 bits per heavy atom. The molecule has 0 spiro atoms. The number of fused-ring (bicyclic) bond motifs is 3. The van der Waals surface area contributed by atoms with E-state index in [1.165, 1.54) is 4.52 Å². The van der Waals surface area contributed by atoms with Crippen molar-refractivity contribution in [3.05, 3.63) is 63.7 Å². The van der Waals surface area contributed by atoms with E-state index in [-0.39, 0.29) is 11.3 Å². The molecule has 4 rings (SSSR count). The van der Waals surface area contributed by atoms with Crippen LogP contribution in [0.5, 0.6) is 0 Å². The predicted octanol–water partition coefficient (Wildman–Crippen LogP) is 3.51. The van der Waals surface area contributed by atoms with Crippen LogP contribution in [-0.4, -0.2) is 25.0 Å². The Morgan fingerprint density at radius 3 is 2.65 bits per heavy atom. The monoisotopic (exact) mass is 325 g/mol. The third-order valence-corrected chi connectivity index (χ3v) is 3.85. The second-order valence-corrected chi connectivity index (χ2v) is 5.36. The Hall–Kier alpha value is -3.06. The molecule has 0 atom stereocenters. The smallest absolute Gasteiger partial charge is 0.258 e. The summed E-state index contributed by atoms with van der Waals surface area (Å²) in [5.74, 6) is 0. The molecule has 7 nitrogen and oxygen atoms in total. The molecule has 0 radical (unpaired) electrons. The van der Waals surface area contributed by atoms with E-state index in [1.807, 2.05) is 30.3 Å². The summed E-state index contributed by atoms with van der Waals surface area (Å²) < 4.78 is 1.36. The fourth-order valence-corrected chi connectivity index (χ4v) is 2.87. The van der Waals surface area contributed by atoms with Gasteiger partial charge < -0.3 is 0 Å². The molecular weight excluding hydrogens is 318 g/mol. The van der Waals surface area contributed by atoms with Gasteiger partial charge in [-0.3, -0.25) is 10.1 Å². The highest BCUT2D eigenvalue weighted by Gasteiger charge is 2.27. The molecule has 2 aromatic carbocycles. The van der Waals surface area contributed by atoms with Gasteiger partial charge in [0.2, 0.25) is 0 Å². The quantitative estimate of drug-likeness (QED) is 0.416. The molecule has 0 fully saturated rings. The van der Waals surface area contributed by atoms with E-state index in [1.54, 1.807) is 18.2 Å². The maximum atomic E-state index is 11.7. The van der Waals surface area contributed by atoms with Gasteiger partial charge >= 0.3 is 5.69 Å². The van der Waals surface area contributed by atoms with Crippen LogP contribution in [0, 0.1) is 10.1 Å². The molecule has 0 aliphatic heterocycles. The number of nitrogens with zero attached hydrogens (tertiary/aromatic N) is 5. The first kappa shape index (κ1) is 13.6. The number of aromatic nitrogens is 4. The van der Waals surface area contributed by atoms with Crippen molar-refractivity contribution in [2.45, 2.75) is 0 Å². The molecule has 2 aromatic heterocycles. The maximum Gasteiger partial charge on any atom is 0.324 e. The molecule has 0 amide bonds. The van der Waals surface area contributed by atoms with Crippen LogP contribution in [0.15, 0.2) is 48.5 Å². The van der Waals surface area contributed by atoms with Gasteiger partial charge in [-0.1, -0.05) is 41.9 Å². The van der Waals surface area contributed by atoms with Gasteiger partial charge in [-0.05, 0) is 34.2 Å². The third-order valence-electron chi connectivity index (χ3n) is 3.62. The minimum atomic E-state index is -0.464. The highest BCUT2D eigenvalue weighted by atomic mass is 35.5. The van der Waals surface area contributed by atoms with Crippen molar-refractivity contribution in [1.29, 1.82) is 0 Å². The van der Waals surface area contributed by atoms with Crippen LogP contribution < -0.4 is 0 Å². The molecule has 0 aliphatic carbocycles. The Labute approximate surface area is 134 Å². The third kappa shape index (κ3) is 2.01. The summed E-state index contributed by atoms with van der Waals surface area (Å²) in [4.78, 5) is 11.2. The normalized spacial score (nSPS) is 11.2. The van der Waals surface area contributed by atoms with Crippen LogP contribution in [0.3, 0.4) is 0 Å². The molecule has 4 aromatic rings. The lowest BCUT2D eigenvalue weighted by atomic mass is 9.99. The maximum absolute atomic E-state index is 11.7. The van der Waals surface area contributed by atoms with Crippen molar-refractivity contribution < 1.29 is 4.92 Å². The summed E-state index contributed by atoms with van der Waals surface area (Å²) in [6, 6.07) is 14.2. The molecule has 0 saturated carbocycles.